The van der Waals surface area contributed by atoms with Crippen molar-refractivity contribution < 1.29 is 22.7 Å². The van der Waals surface area contributed by atoms with E-state index in [1.165, 1.54) is 13.0 Å². The number of para-hydroxylation sites is 1. The van der Waals surface area contributed by atoms with E-state index in [1.54, 1.807) is 31.2 Å². The number of esters is 1. The van der Waals surface area contributed by atoms with Crippen LogP contribution < -0.4 is 9.62 Å². The van der Waals surface area contributed by atoms with Crippen LogP contribution in [0.5, 0.6) is 0 Å². The van der Waals surface area contributed by atoms with E-state index in [4.69, 9.17) is 4.74 Å². The van der Waals surface area contributed by atoms with Crippen molar-refractivity contribution in [3.63, 3.8) is 0 Å². The van der Waals surface area contributed by atoms with E-state index in [-0.39, 0.29) is 6.54 Å². The Kier molecular flexibility index (Phi) is 6.97. The Hall–Kier alpha value is -2.35. The second-order valence-electron chi connectivity index (χ2n) is 5.22. The molecule has 1 aromatic carbocycles. The van der Waals surface area contributed by atoms with Gasteiger partial charge in [-0.2, -0.15) is 0 Å². The molecule has 0 unspecified atom stereocenters. The number of anilines is 1. The van der Waals surface area contributed by atoms with Gasteiger partial charge in [0.15, 0.2) is 6.10 Å². The molecule has 0 aromatic heterocycles. The highest BCUT2D eigenvalue weighted by Gasteiger charge is 2.25. The summed E-state index contributed by atoms with van der Waals surface area (Å²) in [5.74, 6) is -1.30. The Morgan fingerprint density at radius 3 is 2.54 bits per heavy atom. The summed E-state index contributed by atoms with van der Waals surface area (Å²) in [4.78, 5) is 23.7. The molecule has 1 atom stereocenters. The number of carbonyl (C=O) groups is 2. The van der Waals surface area contributed by atoms with Crippen LogP contribution in [0.3, 0.4) is 0 Å². The Morgan fingerprint density at radius 1 is 1.38 bits per heavy atom. The first-order valence-corrected chi connectivity index (χ1v) is 9.13. The standard InChI is InChI=1S/C16H22N2O5S/c1-5-10-17-16(20)13(3)23-15(19)11-18(24(4,21)22)14-9-7-6-8-12(14)2/h5-9,13H,1,10-11H2,2-4H3,(H,17,20)/t13-/m1/s1. The molecule has 8 heteroatoms. The van der Waals surface area contributed by atoms with Gasteiger partial charge in [0.1, 0.15) is 6.54 Å². The summed E-state index contributed by atoms with van der Waals surface area (Å²) < 4.78 is 30.0. The predicted octanol–water partition coefficient (Wildman–Crippen LogP) is 0.995. The summed E-state index contributed by atoms with van der Waals surface area (Å²) in [5.41, 5.74) is 1.09. The second-order valence-corrected chi connectivity index (χ2v) is 7.13. The highest BCUT2D eigenvalue weighted by Crippen LogP contribution is 2.21. The zero-order valence-electron chi connectivity index (χ0n) is 14.0. The normalized spacial score (nSPS) is 12.1. The van der Waals surface area contributed by atoms with Gasteiger partial charge in [0, 0.05) is 6.54 Å². The van der Waals surface area contributed by atoms with Crippen molar-refractivity contribution in [3.8, 4) is 0 Å². The molecule has 1 aromatic rings. The lowest BCUT2D eigenvalue weighted by Gasteiger charge is -2.23. The number of carbonyl (C=O) groups excluding carboxylic acids is 2. The number of hydrogen-bond donors (Lipinski definition) is 1. The first kappa shape index (κ1) is 19.7. The largest absolute Gasteiger partial charge is 0.451 e. The summed E-state index contributed by atoms with van der Waals surface area (Å²) in [6, 6.07) is 6.79. The lowest BCUT2D eigenvalue weighted by molar-refractivity contribution is -0.153. The van der Waals surface area contributed by atoms with Crippen LogP contribution in [0.1, 0.15) is 12.5 Å². The summed E-state index contributed by atoms with van der Waals surface area (Å²) in [6.07, 6.45) is 1.47. The molecule has 1 rings (SSSR count). The Labute approximate surface area is 142 Å². The number of amides is 1. The van der Waals surface area contributed by atoms with Crippen LogP contribution in [-0.4, -0.2) is 45.7 Å². The second kappa shape index (κ2) is 8.49. The Balaban J connectivity index is 2.85. The monoisotopic (exact) mass is 354 g/mol. The van der Waals surface area contributed by atoms with Gasteiger partial charge in [0.25, 0.3) is 5.91 Å². The number of nitrogens with zero attached hydrogens (tertiary/aromatic N) is 1. The van der Waals surface area contributed by atoms with Crippen LogP contribution in [0.2, 0.25) is 0 Å². The minimum atomic E-state index is -3.69. The van der Waals surface area contributed by atoms with Crippen molar-refractivity contribution in [2.24, 2.45) is 0 Å². The number of benzene rings is 1. The van der Waals surface area contributed by atoms with Gasteiger partial charge >= 0.3 is 5.97 Å². The average molecular weight is 354 g/mol. The van der Waals surface area contributed by atoms with Crippen molar-refractivity contribution in [1.82, 2.24) is 5.32 Å². The van der Waals surface area contributed by atoms with Gasteiger partial charge in [-0.05, 0) is 25.5 Å². The number of ether oxygens (including phenoxy) is 1. The Morgan fingerprint density at radius 2 is 2.00 bits per heavy atom. The van der Waals surface area contributed by atoms with Gasteiger partial charge in [-0.25, -0.2) is 8.42 Å². The summed E-state index contributed by atoms with van der Waals surface area (Å²) in [5, 5.41) is 2.50. The molecule has 1 amide bonds. The third-order valence-electron chi connectivity index (χ3n) is 3.16. The molecule has 1 N–H and O–H groups in total. The van der Waals surface area contributed by atoms with Gasteiger partial charge in [0.05, 0.1) is 11.9 Å². The fraction of sp³-hybridized carbons (Fsp3) is 0.375. The molecular weight excluding hydrogens is 332 g/mol. The molecule has 0 bridgehead atoms. The molecule has 7 nitrogen and oxygen atoms in total. The molecule has 24 heavy (non-hydrogen) atoms. The third-order valence-corrected chi connectivity index (χ3v) is 4.28. The zero-order chi connectivity index (χ0) is 18.3. The van der Waals surface area contributed by atoms with Crippen molar-refractivity contribution in [2.45, 2.75) is 20.0 Å². The zero-order valence-corrected chi connectivity index (χ0v) is 14.8. The van der Waals surface area contributed by atoms with Crippen LogP contribution >= 0.6 is 0 Å². The molecule has 0 aliphatic heterocycles. The lowest BCUT2D eigenvalue weighted by Crippen LogP contribution is -2.40. The van der Waals surface area contributed by atoms with Crippen molar-refractivity contribution in [1.29, 1.82) is 0 Å². The molecule has 0 aliphatic rings. The molecular formula is C16H22N2O5S. The maximum Gasteiger partial charge on any atom is 0.327 e. The highest BCUT2D eigenvalue weighted by molar-refractivity contribution is 7.92. The third kappa shape index (κ3) is 5.69. The number of nitrogens with one attached hydrogen (secondary N) is 1. The van der Waals surface area contributed by atoms with E-state index in [0.29, 0.717) is 11.3 Å². The predicted molar refractivity (Wildman–Crippen MR) is 92.1 cm³/mol. The van der Waals surface area contributed by atoms with E-state index in [9.17, 15) is 18.0 Å². The van der Waals surface area contributed by atoms with Crippen LogP contribution in [0.25, 0.3) is 0 Å². The van der Waals surface area contributed by atoms with Crippen molar-refractivity contribution in [2.75, 3.05) is 23.7 Å². The smallest absolute Gasteiger partial charge is 0.327 e. The quantitative estimate of drug-likeness (QED) is 0.555. The van der Waals surface area contributed by atoms with E-state index in [2.05, 4.69) is 11.9 Å². The number of aryl methyl sites for hydroxylation is 1. The molecule has 132 valence electrons. The molecule has 0 aliphatic carbocycles. The van der Waals surface area contributed by atoms with Crippen molar-refractivity contribution in [3.05, 3.63) is 42.5 Å². The molecule has 0 spiro atoms. The lowest BCUT2D eigenvalue weighted by atomic mass is 10.2. The summed E-state index contributed by atoms with van der Waals surface area (Å²) >= 11 is 0. The molecule has 0 saturated carbocycles. The fourth-order valence-electron chi connectivity index (χ4n) is 1.95. The van der Waals surface area contributed by atoms with Crippen LogP contribution in [0, 0.1) is 6.92 Å². The van der Waals surface area contributed by atoms with E-state index in [1.807, 2.05) is 0 Å². The number of sulfonamides is 1. The summed E-state index contributed by atoms with van der Waals surface area (Å²) in [7, 11) is -3.69. The Bertz CT molecular complexity index is 715. The van der Waals surface area contributed by atoms with E-state index < -0.39 is 34.5 Å². The van der Waals surface area contributed by atoms with Gasteiger partial charge in [-0.1, -0.05) is 24.3 Å². The van der Waals surface area contributed by atoms with Gasteiger partial charge in [0.2, 0.25) is 10.0 Å². The minimum Gasteiger partial charge on any atom is -0.451 e. The molecule has 0 radical (unpaired) electrons. The fourth-order valence-corrected chi connectivity index (χ4v) is 2.85. The first-order valence-electron chi connectivity index (χ1n) is 7.28. The number of rotatable bonds is 8. The van der Waals surface area contributed by atoms with Gasteiger partial charge in [-0.3, -0.25) is 13.9 Å². The van der Waals surface area contributed by atoms with Crippen LogP contribution in [0.15, 0.2) is 36.9 Å². The van der Waals surface area contributed by atoms with E-state index in [0.717, 1.165) is 10.6 Å². The molecule has 0 fully saturated rings. The maximum atomic E-state index is 12.0. The minimum absolute atomic E-state index is 0.249. The van der Waals surface area contributed by atoms with Crippen LogP contribution in [0.4, 0.5) is 5.69 Å². The SMILES string of the molecule is C=CCNC(=O)[C@@H](C)OC(=O)CN(c1ccccc1C)S(C)(=O)=O. The first-order chi connectivity index (χ1) is 11.2. The maximum absolute atomic E-state index is 12.0. The van der Waals surface area contributed by atoms with Gasteiger partial charge < -0.3 is 10.1 Å². The van der Waals surface area contributed by atoms with Gasteiger partial charge in [-0.15, -0.1) is 6.58 Å². The summed E-state index contributed by atoms with van der Waals surface area (Å²) in [6.45, 7) is 6.36. The highest BCUT2D eigenvalue weighted by atomic mass is 32.2. The topological polar surface area (TPSA) is 92.8 Å². The average Bonchev–Trinajstić information content (AvgIpc) is 2.50. The number of hydrogen-bond acceptors (Lipinski definition) is 5. The molecule has 0 heterocycles. The van der Waals surface area contributed by atoms with E-state index >= 15 is 0 Å². The van der Waals surface area contributed by atoms with Crippen molar-refractivity contribution >= 4 is 27.6 Å². The molecule has 0 saturated heterocycles. The van der Waals surface area contributed by atoms with Crippen LogP contribution in [-0.2, 0) is 24.3 Å².